The number of likely N-dealkylation sites (tertiary alicyclic amines) is 1. The lowest BCUT2D eigenvalue weighted by Crippen LogP contribution is -2.36. The van der Waals surface area contributed by atoms with Crippen LogP contribution in [0.2, 0.25) is 0 Å². The molecule has 1 heterocycles. The molecule has 11 heavy (non-hydrogen) atoms. The number of hydrogen-bond donors (Lipinski definition) is 0. The highest BCUT2D eigenvalue weighted by Crippen LogP contribution is 2.28. The number of quaternary nitrogens is 1. The summed E-state index contributed by atoms with van der Waals surface area (Å²) in [6.07, 6.45) is 1.36. The molecule has 1 saturated heterocycles. The second-order valence-corrected chi connectivity index (χ2v) is 4.45. The minimum absolute atomic E-state index is 0. The molecule has 0 aliphatic carbocycles. The standard InChI is InChI=1S/C9H20N.ClH/c1-5-9-7-10(3,4)6-8(9)2;/h8-9H,5-7H2,1-4H3;1H/q+1;. The largest absolute Gasteiger partial charge is 0.328 e. The van der Waals surface area contributed by atoms with Crippen molar-refractivity contribution in [3.63, 3.8) is 0 Å². The first-order valence-corrected chi connectivity index (χ1v) is 4.37. The summed E-state index contributed by atoms with van der Waals surface area (Å²) in [5.74, 6) is 1.93. The molecule has 1 fully saturated rings. The molecule has 0 bridgehead atoms. The first kappa shape index (κ1) is 11.2. The quantitative estimate of drug-likeness (QED) is 0.540. The molecular weight excluding hydrogens is 158 g/mol. The second-order valence-electron chi connectivity index (χ2n) is 4.45. The van der Waals surface area contributed by atoms with Crippen molar-refractivity contribution in [1.82, 2.24) is 0 Å². The van der Waals surface area contributed by atoms with Gasteiger partial charge in [-0.3, -0.25) is 0 Å². The number of rotatable bonds is 1. The summed E-state index contributed by atoms with van der Waals surface area (Å²) < 4.78 is 1.24. The Labute approximate surface area is 76.8 Å². The van der Waals surface area contributed by atoms with E-state index < -0.39 is 0 Å². The minimum atomic E-state index is 0. The summed E-state index contributed by atoms with van der Waals surface area (Å²) in [4.78, 5) is 0. The van der Waals surface area contributed by atoms with Gasteiger partial charge >= 0.3 is 0 Å². The predicted molar refractivity (Wildman–Crippen MR) is 52.0 cm³/mol. The Morgan fingerprint density at radius 3 is 2.00 bits per heavy atom. The molecule has 0 radical (unpaired) electrons. The van der Waals surface area contributed by atoms with Crippen molar-refractivity contribution in [2.45, 2.75) is 20.3 Å². The highest BCUT2D eigenvalue weighted by Gasteiger charge is 2.35. The van der Waals surface area contributed by atoms with E-state index in [4.69, 9.17) is 0 Å². The highest BCUT2D eigenvalue weighted by molar-refractivity contribution is 5.85. The zero-order valence-electron chi connectivity index (χ0n) is 8.13. The van der Waals surface area contributed by atoms with Gasteiger partial charge in [0, 0.05) is 11.8 Å². The van der Waals surface area contributed by atoms with E-state index in [2.05, 4.69) is 27.9 Å². The molecule has 0 spiro atoms. The van der Waals surface area contributed by atoms with Crippen LogP contribution in [-0.2, 0) is 0 Å². The SMILES string of the molecule is CCC1C[N+](C)(C)CC1C.Cl. The van der Waals surface area contributed by atoms with Gasteiger partial charge < -0.3 is 4.48 Å². The fraction of sp³-hybridized carbons (Fsp3) is 1.00. The molecule has 2 heteroatoms. The fourth-order valence-corrected chi connectivity index (χ4v) is 2.35. The Hall–Kier alpha value is 0.250. The molecule has 1 aliphatic rings. The van der Waals surface area contributed by atoms with Crippen LogP contribution < -0.4 is 0 Å². The van der Waals surface area contributed by atoms with E-state index in [1.807, 2.05) is 0 Å². The predicted octanol–water partition coefficient (Wildman–Crippen LogP) is 2.16. The maximum Gasteiger partial charge on any atom is 0.0815 e. The van der Waals surface area contributed by atoms with Gasteiger partial charge in [-0.25, -0.2) is 0 Å². The maximum atomic E-state index is 2.39. The summed E-state index contributed by atoms with van der Waals surface area (Å²) in [6, 6.07) is 0. The topological polar surface area (TPSA) is 0 Å². The molecular formula is C9H21ClN+. The Morgan fingerprint density at radius 1 is 1.27 bits per heavy atom. The molecule has 0 aromatic rings. The van der Waals surface area contributed by atoms with Gasteiger partial charge in [0.05, 0.1) is 27.2 Å². The van der Waals surface area contributed by atoms with Crippen molar-refractivity contribution in [3.8, 4) is 0 Å². The van der Waals surface area contributed by atoms with Crippen LogP contribution >= 0.6 is 12.4 Å². The lowest BCUT2D eigenvalue weighted by atomic mass is 9.96. The van der Waals surface area contributed by atoms with Crippen LogP contribution in [0.5, 0.6) is 0 Å². The van der Waals surface area contributed by atoms with Crippen molar-refractivity contribution in [3.05, 3.63) is 0 Å². The van der Waals surface area contributed by atoms with Crippen LogP contribution in [0, 0.1) is 11.8 Å². The van der Waals surface area contributed by atoms with Crippen molar-refractivity contribution >= 4 is 12.4 Å². The van der Waals surface area contributed by atoms with Gasteiger partial charge in [-0.05, 0) is 6.42 Å². The molecule has 0 aromatic heterocycles. The molecule has 2 unspecified atom stereocenters. The van der Waals surface area contributed by atoms with E-state index in [0.717, 1.165) is 11.8 Å². The van der Waals surface area contributed by atoms with E-state index in [-0.39, 0.29) is 12.4 Å². The zero-order valence-corrected chi connectivity index (χ0v) is 8.95. The van der Waals surface area contributed by atoms with Crippen LogP contribution in [0.1, 0.15) is 20.3 Å². The van der Waals surface area contributed by atoms with E-state index in [1.54, 1.807) is 0 Å². The third-order valence-corrected chi connectivity index (χ3v) is 2.84. The summed E-state index contributed by atoms with van der Waals surface area (Å²) in [7, 11) is 4.68. The summed E-state index contributed by atoms with van der Waals surface area (Å²) in [5, 5.41) is 0. The van der Waals surface area contributed by atoms with Gasteiger partial charge in [0.15, 0.2) is 0 Å². The van der Waals surface area contributed by atoms with Gasteiger partial charge in [0.2, 0.25) is 0 Å². The number of hydrogen-bond acceptors (Lipinski definition) is 0. The zero-order chi connectivity index (χ0) is 7.78. The summed E-state index contributed by atoms with van der Waals surface area (Å²) in [6.45, 7) is 7.46. The van der Waals surface area contributed by atoms with Crippen LogP contribution in [0.15, 0.2) is 0 Å². The van der Waals surface area contributed by atoms with E-state index in [1.165, 1.54) is 24.0 Å². The van der Waals surface area contributed by atoms with Gasteiger partial charge in [0.1, 0.15) is 0 Å². The van der Waals surface area contributed by atoms with Gasteiger partial charge in [0.25, 0.3) is 0 Å². The smallest absolute Gasteiger partial charge is 0.0815 e. The monoisotopic (exact) mass is 178 g/mol. The minimum Gasteiger partial charge on any atom is -0.328 e. The second kappa shape index (κ2) is 3.77. The molecule has 1 rings (SSSR count). The third kappa shape index (κ3) is 2.64. The summed E-state index contributed by atoms with van der Waals surface area (Å²) in [5.41, 5.74) is 0. The molecule has 0 saturated carbocycles. The molecule has 2 atom stereocenters. The fourth-order valence-electron chi connectivity index (χ4n) is 2.35. The van der Waals surface area contributed by atoms with Crippen molar-refractivity contribution in [2.24, 2.45) is 11.8 Å². The van der Waals surface area contributed by atoms with Crippen molar-refractivity contribution in [2.75, 3.05) is 27.2 Å². The average molecular weight is 179 g/mol. The average Bonchev–Trinajstić information content (AvgIpc) is 2.05. The van der Waals surface area contributed by atoms with Crippen LogP contribution in [0.4, 0.5) is 0 Å². The summed E-state index contributed by atoms with van der Waals surface area (Å²) >= 11 is 0. The molecule has 1 aliphatic heterocycles. The van der Waals surface area contributed by atoms with Gasteiger partial charge in [-0.1, -0.05) is 13.8 Å². The normalized spacial score (nSPS) is 34.9. The first-order chi connectivity index (χ1) is 4.55. The molecule has 0 amide bonds. The van der Waals surface area contributed by atoms with E-state index >= 15 is 0 Å². The van der Waals surface area contributed by atoms with Crippen molar-refractivity contribution in [1.29, 1.82) is 0 Å². The van der Waals surface area contributed by atoms with E-state index in [0.29, 0.717) is 0 Å². The van der Waals surface area contributed by atoms with Gasteiger partial charge in [-0.2, -0.15) is 0 Å². The Morgan fingerprint density at radius 2 is 1.82 bits per heavy atom. The van der Waals surface area contributed by atoms with Crippen molar-refractivity contribution < 1.29 is 4.48 Å². The Balaban J connectivity index is 0.000001000. The lowest BCUT2D eigenvalue weighted by Gasteiger charge is -2.23. The van der Waals surface area contributed by atoms with Gasteiger partial charge in [-0.15, -0.1) is 12.4 Å². The Kier molecular flexibility index (Phi) is 3.86. The maximum absolute atomic E-state index is 2.39. The molecule has 68 valence electrons. The Bertz CT molecular complexity index is 123. The van der Waals surface area contributed by atoms with Crippen LogP contribution in [-0.4, -0.2) is 31.7 Å². The van der Waals surface area contributed by atoms with E-state index in [9.17, 15) is 0 Å². The molecule has 0 N–H and O–H groups in total. The number of nitrogens with zero attached hydrogens (tertiary/aromatic N) is 1. The lowest BCUT2D eigenvalue weighted by molar-refractivity contribution is -0.880. The molecule has 1 nitrogen and oxygen atoms in total. The first-order valence-electron chi connectivity index (χ1n) is 4.37. The third-order valence-electron chi connectivity index (χ3n) is 2.84. The van der Waals surface area contributed by atoms with Crippen LogP contribution in [0.3, 0.4) is 0 Å². The number of halogens is 1. The van der Waals surface area contributed by atoms with Crippen LogP contribution in [0.25, 0.3) is 0 Å². The molecule has 0 aromatic carbocycles. The highest BCUT2D eigenvalue weighted by atomic mass is 35.5.